The number of aryl methyl sites for hydroxylation is 1. The Balaban J connectivity index is 2.01. The SMILES string of the molecule is Cc1cc(N2CCCS2(=O)=O)ccc1NC(=O)C(=O)NCCN(C)C. The largest absolute Gasteiger partial charge is 0.347 e. The number of carbonyl (C=O) groups excluding carboxylic acids is 2. The van der Waals surface area contributed by atoms with Gasteiger partial charge in [-0.2, -0.15) is 0 Å². The Morgan fingerprint density at radius 2 is 1.96 bits per heavy atom. The Morgan fingerprint density at radius 1 is 1.24 bits per heavy atom. The van der Waals surface area contributed by atoms with Gasteiger partial charge < -0.3 is 15.5 Å². The minimum atomic E-state index is -3.25. The number of likely N-dealkylation sites (N-methyl/N-ethyl adjacent to an activating group) is 1. The van der Waals surface area contributed by atoms with Gasteiger partial charge in [-0.3, -0.25) is 13.9 Å². The van der Waals surface area contributed by atoms with E-state index in [2.05, 4.69) is 10.6 Å². The summed E-state index contributed by atoms with van der Waals surface area (Å²) >= 11 is 0. The van der Waals surface area contributed by atoms with Gasteiger partial charge >= 0.3 is 11.8 Å². The average Bonchev–Trinajstić information content (AvgIpc) is 2.88. The molecule has 1 aliphatic rings. The van der Waals surface area contributed by atoms with E-state index in [1.165, 1.54) is 4.31 Å². The number of benzene rings is 1. The molecular formula is C16H24N4O4S. The van der Waals surface area contributed by atoms with Crippen LogP contribution < -0.4 is 14.9 Å². The molecule has 9 heteroatoms. The third kappa shape index (κ3) is 4.93. The summed E-state index contributed by atoms with van der Waals surface area (Å²) in [5.74, 6) is -1.30. The van der Waals surface area contributed by atoms with E-state index in [0.717, 1.165) is 0 Å². The molecule has 0 bridgehead atoms. The number of nitrogens with one attached hydrogen (secondary N) is 2. The first-order valence-corrected chi connectivity index (χ1v) is 9.66. The van der Waals surface area contributed by atoms with E-state index in [0.29, 0.717) is 43.0 Å². The van der Waals surface area contributed by atoms with Gasteiger partial charge in [0, 0.05) is 25.3 Å². The van der Waals surface area contributed by atoms with Gasteiger partial charge in [0.05, 0.1) is 11.4 Å². The molecule has 1 aromatic rings. The predicted molar refractivity (Wildman–Crippen MR) is 97.1 cm³/mol. The number of sulfonamides is 1. The Labute approximate surface area is 148 Å². The molecule has 1 fully saturated rings. The van der Waals surface area contributed by atoms with Gasteiger partial charge in [0.15, 0.2) is 0 Å². The molecule has 8 nitrogen and oxygen atoms in total. The van der Waals surface area contributed by atoms with E-state index in [-0.39, 0.29) is 5.75 Å². The maximum Gasteiger partial charge on any atom is 0.313 e. The zero-order valence-corrected chi connectivity index (χ0v) is 15.5. The van der Waals surface area contributed by atoms with E-state index < -0.39 is 21.8 Å². The molecule has 0 saturated carbocycles. The van der Waals surface area contributed by atoms with Crippen molar-refractivity contribution in [3.8, 4) is 0 Å². The minimum Gasteiger partial charge on any atom is -0.347 e. The molecule has 1 aliphatic heterocycles. The van der Waals surface area contributed by atoms with Gasteiger partial charge in [0.25, 0.3) is 0 Å². The number of rotatable bonds is 5. The van der Waals surface area contributed by atoms with Crippen molar-refractivity contribution in [2.45, 2.75) is 13.3 Å². The van der Waals surface area contributed by atoms with Crippen LogP contribution in [0.1, 0.15) is 12.0 Å². The molecule has 0 spiro atoms. The van der Waals surface area contributed by atoms with Gasteiger partial charge in [0.2, 0.25) is 10.0 Å². The van der Waals surface area contributed by atoms with Crippen LogP contribution in [0.5, 0.6) is 0 Å². The molecule has 138 valence electrons. The van der Waals surface area contributed by atoms with Crippen molar-refractivity contribution in [3.05, 3.63) is 23.8 Å². The maximum absolute atomic E-state index is 12.0. The summed E-state index contributed by atoms with van der Waals surface area (Å²) in [6.45, 7) is 3.23. The zero-order valence-electron chi connectivity index (χ0n) is 14.7. The van der Waals surface area contributed by atoms with Crippen LogP contribution in [-0.2, 0) is 19.6 Å². The van der Waals surface area contributed by atoms with Crippen LogP contribution >= 0.6 is 0 Å². The first kappa shape index (κ1) is 19.2. The lowest BCUT2D eigenvalue weighted by Gasteiger charge is -2.18. The lowest BCUT2D eigenvalue weighted by molar-refractivity contribution is -0.136. The standard InChI is InChI=1S/C16H24N4O4S/c1-12-11-13(20-8-4-10-25(20,23)24)5-6-14(12)18-16(22)15(21)17-7-9-19(2)3/h5-6,11H,4,7-10H2,1-3H3,(H,17,21)(H,18,22). The first-order valence-electron chi connectivity index (χ1n) is 8.05. The number of anilines is 2. The Morgan fingerprint density at radius 3 is 2.52 bits per heavy atom. The van der Waals surface area contributed by atoms with Gasteiger partial charge in [-0.05, 0) is 51.2 Å². The molecule has 0 radical (unpaired) electrons. The van der Waals surface area contributed by atoms with Crippen LogP contribution in [-0.4, -0.2) is 64.6 Å². The van der Waals surface area contributed by atoms with E-state index in [4.69, 9.17) is 0 Å². The number of carbonyl (C=O) groups is 2. The van der Waals surface area contributed by atoms with Gasteiger partial charge in [-0.1, -0.05) is 0 Å². The molecule has 2 amide bonds. The molecule has 1 aromatic carbocycles. The smallest absolute Gasteiger partial charge is 0.313 e. The fourth-order valence-corrected chi connectivity index (χ4v) is 4.08. The molecular weight excluding hydrogens is 344 g/mol. The highest BCUT2D eigenvalue weighted by Crippen LogP contribution is 2.27. The van der Waals surface area contributed by atoms with Crippen molar-refractivity contribution in [1.29, 1.82) is 0 Å². The van der Waals surface area contributed by atoms with Gasteiger partial charge in [-0.15, -0.1) is 0 Å². The van der Waals surface area contributed by atoms with Gasteiger partial charge in [-0.25, -0.2) is 8.42 Å². The monoisotopic (exact) mass is 368 g/mol. The van der Waals surface area contributed by atoms with E-state index in [1.54, 1.807) is 25.1 Å². The number of hydrogen-bond donors (Lipinski definition) is 2. The summed E-state index contributed by atoms with van der Waals surface area (Å²) in [7, 11) is 0.500. The van der Waals surface area contributed by atoms with Crippen molar-refractivity contribution < 1.29 is 18.0 Å². The van der Waals surface area contributed by atoms with Crippen molar-refractivity contribution in [3.63, 3.8) is 0 Å². The molecule has 0 aliphatic carbocycles. The summed E-state index contributed by atoms with van der Waals surface area (Å²) in [5.41, 5.74) is 1.74. The third-order valence-electron chi connectivity index (χ3n) is 3.90. The third-order valence-corrected chi connectivity index (χ3v) is 5.77. The topological polar surface area (TPSA) is 98.8 Å². The van der Waals surface area contributed by atoms with Crippen molar-refractivity contribution in [2.75, 3.05) is 49.1 Å². The molecule has 0 atom stereocenters. The molecule has 25 heavy (non-hydrogen) atoms. The van der Waals surface area contributed by atoms with Crippen LogP contribution in [0.15, 0.2) is 18.2 Å². The quantitative estimate of drug-likeness (QED) is 0.721. The number of amides is 2. The lowest BCUT2D eigenvalue weighted by Crippen LogP contribution is -2.38. The maximum atomic E-state index is 12.0. The van der Waals surface area contributed by atoms with Crippen LogP contribution in [0.4, 0.5) is 11.4 Å². The summed E-state index contributed by atoms with van der Waals surface area (Å²) in [4.78, 5) is 25.6. The highest BCUT2D eigenvalue weighted by molar-refractivity contribution is 7.93. The number of nitrogens with zero attached hydrogens (tertiary/aromatic N) is 2. The zero-order chi connectivity index (χ0) is 18.6. The van der Waals surface area contributed by atoms with Crippen LogP contribution in [0.2, 0.25) is 0 Å². The Hall–Kier alpha value is -2.13. The van der Waals surface area contributed by atoms with Crippen LogP contribution in [0.3, 0.4) is 0 Å². The molecule has 0 aromatic heterocycles. The first-order chi connectivity index (χ1) is 11.7. The summed E-state index contributed by atoms with van der Waals surface area (Å²) in [6, 6.07) is 4.95. The fraction of sp³-hybridized carbons (Fsp3) is 0.500. The normalized spacial score (nSPS) is 16.1. The van der Waals surface area contributed by atoms with Crippen molar-refractivity contribution in [1.82, 2.24) is 10.2 Å². The predicted octanol–water partition coefficient (Wildman–Crippen LogP) is 0.151. The summed E-state index contributed by atoms with van der Waals surface area (Å²) < 4.78 is 25.3. The van der Waals surface area contributed by atoms with E-state index in [1.807, 2.05) is 19.0 Å². The minimum absolute atomic E-state index is 0.150. The van der Waals surface area contributed by atoms with E-state index in [9.17, 15) is 18.0 Å². The second kappa shape index (κ2) is 7.83. The molecule has 2 N–H and O–H groups in total. The number of hydrogen-bond acceptors (Lipinski definition) is 5. The lowest BCUT2D eigenvalue weighted by atomic mass is 10.1. The highest BCUT2D eigenvalue weighted by atomic mass is 32.2. The molecule has 1 saturated heterocycles. The Bertz CT molecular complexity index is 761. The molecule has 2 rings (SSSR count). The van der Waals surface area contributed by atoms with Crippen LogP contribution in [0, 0.1) is 6.92 Å². The molecule has 1 heterocycles. The highest BCUT2D eigenvalue weighted by Gasteiger charge is 2.28. The summed E-state index contributed by atoms with van der Waals surface area (Å²) in [6.07, 6.45) is 0.604. The molecule has 0 unspecified atom stereocenters. The summed E-state index contributed by atoms with van der Waals surface area (Å²) in [5, 5.41) is 5.09. The second-order valence-corrected chi connectivity index (χ2v) is 8.27. The second-order valence-electron chi connectivity index (χ2n) is 6.25. The van der Waals surface area contributed by atoms with Crippen molar-refractivity contribution >= 4 is 33.2 Å². The van der Waals surface area contributed by atoms with Gasteiger partial charge in [0.1, 0.15) is 0 Å². The van der Waals surface area contributed by atoms with E-state index >= 15 is 0 Å². The van der Waals surface area contributed by atoms with Crippen molar-refractivity contribution in [2.24, 2.45) is 0 Å². The van der Waals surface area contributed by atoms with Crippen LogP contribution in [0.25, 0.3) is 0 Å². The fourth-order valence-electron chi connectivity index (χ4n) is 2.53. The Kier molecular flexibility index (Phi) is 6.02. The average molecular weight is 368 g/mol.